The van der Waals surface area contributed by atoms with Gasteiger partial charge in [-0.1, -0.05) is 38.5 Å². The number of sulfone groups is 1. The summed E-state index contributed by atoms with van der Waals surface area (Å²) in [7, 11) is -2.91. The van der Waals surface area contributed by atoms with Crippen LogP contribution in [0.1, 0.15) is 78.1 Å². The molecule has 118 valence electrons. The molecule has 1 aliphatic carbocycles. The van der Waals surface area contributed by atoms with Crippen molar-refractivity contribution < 1.29 is 13.2 Å². The molecule has 20 heavy (non-hydrogen) atoms. The van der Waals surface area contributed by atoms with Gasteiger partial charge in [-0.25, -0.2) is 8.42 Å². The molecule has 0 aromatic carbocycles. The first-order chi connectivity index (χ1) is 9.42. The first-order valence-electron chi connectivity index (χ1n) is 8.15. The molecule has 1 rings (SSSR count). The molecule has 0 amide bonds. The molecule has 0 aromatic rings. The number of Topliss-reactive ketones (excluding diaryl/α,β-unsaturated/α-hetero) is 1. The van der Waals surface area contributed by atoms with Crippen LogP contribution in [0.5, 0.6) is 0 Å². The van der Waals surface area contributed by atoms with Gasteiger partial charge in [-0.05, 0) is 32.6 Å². The van der Waals surface area contributed by atoms with Gasteiger partial charge in [0, 0.05) is 12.8 Å². The van der Waals surface area contributed by atoms with E-state index >= 15 is 0 Å². The third-order valence-electron chi connectivity index (χ3n) is 4.34. The number of hydrogen-bond donors (Lipinski definition) is 0. The minimum absolute atomic E-state index is 0.265. The van der Waals surface area contributed by atoms with Crippen LogP contribution in [0.25, 0.3) is 0 Å². The van der Waals surface area contributed by atoms with Crippen LogP contribution in [0.3, 0.4) is 0 Å². The highest BCUT2D eigenvalue weighted by atomic mass is 32.2. The van der Waals surface area contributed by atoms with Crippen molar-refractivity contribution >= 4 is 15.6 Å². The summed E-state index contributed by atoms with van der Waals surface area (Å²) in [5, 5.41) is -0.282. The van der Waals surface area contributed by atoms with E-state index in [9.17, 15) is 13.2 Å². The maximum atomic E-state index is 11.9. The molecule has 0 radical (unpaired) electrons. The highest BCUT2D eigenvalue weighted by Crippen LogP contribution is 2.27. The second-order valence-corrected chi connectivity index (χ2v) is 9.15. The van der Waals surface area contributed by atoms with Gasteiger partial charge in [0.25, 0.3) is 0 Å². The van der Waals surface area contributed by atoms with Gasteiger partial charge in [-0.3, -0.25) is 4.79 Å². The zero-order valence-electron chi connectivity index (χ0n) is 13.1. The Labute approximate surface area is 124 Å². The van der Waals surface area contributed by atoms with Gasteiger partial charge >= 0.3 is 0 Å². The average molecular weight is 302 g/mol. The van der Waals surface area contributed by atoms with E-state index in [4.69, 9.17) is 0 Å². The molecule has 1 fully saturated rings. The van der Waals surface area contributed by atoms with E-state index in [1.54, 1.807) is 13.8 Å². The van der Waals surface area contributed by atoms with E-state index in [0.29, 0.717) is 24.5 Å². The average Bonchev–Trinajstić information content (AvgIpc) is 2.39. The van der Waals surface area contributed by atoms with Crippen LogP contribution in [-0.2, 0) is 14.6 Å². The van der Waals surface area contributed by atoms with Crippen molar-refractivity contribution in [3.63, 3.8) is 0 Å². The predicted molar refractivity (Wildman–Crippen MR) is 83.6 cm³/mol. The lowest BCUT2D eigenvalue weighted by Crippen LogP contribution is -2.17. The molecule has 4 heteroatoms. The monoisotopic (exact) mass is 302 g/mol. The third kappa shape index (κ3) is 6.87. The van der Waals surface area contributed by atoms with E-state index < -0.39 is 9.84 Å². The smallest absolute Gasteiger partial charge is 0.152 e. The van der Waals surface area contributed by atoms with E-state index in [2.05, 4.69) is 0 Å². The van der Waals surface area contributed by atoms with E-state index in [-0.39, 0.29) is 11.0 Å². The normalized spacial score (nSPS) is 17.6. The first kappa shape index (κ1) is 17.7. The van der Waals surface area contributed by atoms with Gasteiger partial charge in [-0.2, -0.15) is 0 Å². The molecular weight excluding hydrogens is 272 g/mol. The lowest BCUT2D eigenvalue weighted by Gasteiger charge is -2.20. The number of carbonyl (C=O) groups is 1. The second-order valence-electron chi connectivity index (χ2n) is 6.47. The zero-order chi connectivity index (χ0) is 15.0. The quantitative estimate of drug-likeness (QED) is 0.607. The SMILES string of the molecule is CC(C)S(=O)(=O)CCCCCC(=O)CC1CCCCC1. The van der Waals surface area contributed by atoms with Crippen molar-refractivity contribution in [2.75, 3.05) is 5.75 Å². The fraction of sp³-hybridized carbons (Fsp3) is 0.938. The zero-order valence-corrected chi connectivity index (χ0v) is 13.9. The van der Waals surface area contributed by atoms with Crippen molar-refractivity contribution in [3.05, 3.63) is 0 Å². The summed E-state index contributed by atoms with van der Waals surface area (Å²) in [6.07, 6.45) is 10.1. The summed E-state index contributed by atoms with van der Waals surface area (Å²) in [6.45, 7) is 3.45. The van der Waals surface area contributed by atoms with Crippen LogP contribution in [0.2, 0.25) is 0 Å². The van der Waals surface area contributed by atoms with Crippen LogP contribution >= 0.6 is 0 Å². The number of unbranched alkanes of at least 4 members (excludes halogenated alkanes) is 2. The summed E-state index contributed by atoms with van der Waals surface area (Å²) in [4.78, 5) is 11.9. The van der Waals surface area contributed by atoms with Gasteiger partial charge in [0.1, 0.15) is 5.78 Å². The Kier molecular flexibility index (Phi) is 7.78. The molecule has 1 saturated carbocycles. The van der Waals surface area contributed by atoms with Crippen LogP contribution in [-0.4, -0.2) is 25.2 Å². The lowest BCUT2D eigenvalue weighted by molar-refractivity contribution is -0.120. The molecular formula is C16H30O3S. The van der Waals surface area contributed by atoms with Crippen LogP contribution in [0, 0.1) is 5.92 Å². The Bertz CT molecular complexity index is 379. The molecule has 0 heterocycles. The largest absolute Gasteiger partial charge is 0.300 e. The van der Waals surface area contributed by atoms with Crippen molar-refractivity contribution in [2.24, 2.45) is 5.92 Å². The van der Waals surface area contributed by atoms with Gasteiger partial charge < -0.3 is 0 Å². The molecule has 0 N–H and O–H groups in total. The highest BCUT2D eigenvalue weighted by Gasteiger charge is 2.17. The van der Waals surface area contributed by atoms with Crippen molar-refractivity contribution in [3.8, 4) is 0 Å². The fourth-order valence-electron chi connectivity index (χ4n) is 2.85. The van der Waals surface area contributed by atoms with E-state index in [0.717, 1.165) is 19.3 Å². The van der Waals surface area contributed by atoms with Crippen molar-refractivity contribution in [2.45, 2.75) is 83.3 Å². The number of hydrogen-bond acceptors (Lipinski definition) is 3. The van der Waals surface area contributed by atoms with Crippen molar-refractivity contribution in [1.82, 2.24) is 0 Å². The minimum Gasteiger partial charge on any atom is -0.300 e. The summed E-state index contributed by atoms with van der Waals surface area (Å²) >= 11 is 0. The maximum Gasteiger partial charge on any atom is 0.152 e. The van der Waals surface area contributed by atoms with Crippen LogP contribution < -0.4 is 0 Å². The molecule has 0 spiro atoms. The Hall–Kier alpha value is -0.380. The summed E-state index contributed by atoms with van der Waals surface area (Å²) < 4.78 is 23.2. The molecule has 0 atom stereocenters. The van der Waals surface area contributed by atoms with Crippen molar-refractivity contribution in [1.29, 1.82) is 0 Å². The third-order valence-corrected chi connectivity index (χ3v) is 6.64. The number of carbonyl (C=O) groups excluding carboxylic acids is 1. The highest BCUT2D eigenvalue weighted by molar-refractivity contribution is 7.91. The molecule has 0 aliphatic heterocycles. The Morgan fingerprint density at radius 2 is 1.70 bits per heavy atom. The summed E-state index contributed by atoms with van der Waals surface area (Å²) in [5.41, 5.74) is 0. The fourth-order valence-corrected chi connectivity index (χ4v) is 3.93. The van der Waals surface area contributed by atoms with E-state index in [1.165, 1.54) is 32.1 Å². The van der Waals surface area contributed by atoms with E-state index in [1.807, 2.05) is 0 Å². The second kappa shape index (κ2) is 8.81. The van der Waals surface area contributed by atoms with Crippen LogP contribution in [0.4, 0.5) is 0 Å². The molecule has 0 aromatic heterocycles. The van der Waals surface area contributed by atoms with Gasteiger partial charge in [0.15, 0.2) is 9.84 Å². The summed E-state index contributed by atoms with van der Waals surface area (Å²) in [5.74, 6) is 1.27. The maximum absolute atomic E-state index is 11.9. The lowest BCUT2D eigenvalue weighted by atomic mass is 9.85. The minimum atomic E-state index is -2.91. The predicted octanol–water partition coefficient (Wildman–Crippen LogP) is 3.91. The van der Waals surface area contributed by atoms with Gasteiger partial charge in [0.2, 0.25) is 0 Å². The standard InChI is InChI=1S/C16H30O3S/c1-14(2)20(18,19)12-8-4-7-11-16(17)13-15-9-5-3-6-10-15/h14-15H,3-13H2,1-2H3. The molecule has 0 unspecified atom stereocenters. The first-order valence-corrected chi connectivity index (χ1v) is 9.86. The molecule has 0 bridgehead atoms. The Balaban J connectivity index is 2.07. The molecule has 0 saturated heterocycles. The summed E-state index contributed by atoms with van der Waals surface area (Å²) in [6, 6.07) is 0. The Morgan fingerprint density at radius 3 is 2.30 bits per heavy atom. The van der Waals surface area contributed by atoms with Gasteiger partial charge in [0.05, 0.1) is 11.0 Å². The number of rotatable bonds is 9. The Morgan fingerprint density at radius 1 is 1.05 bits per heavy atom. The van der Waals surface area contributed by atoms with Gasteiger partial charge in [-0.15, -0.1) is 0 Å². The molecule has 1 aliphatic rings. The topological polar surface area (TPSA) is 51.2 Å². The molecule has 3 nitrogen and oxygen atoms in total. The number of ketones is 1. The van der Waals surface area contributed by atoms with Crippen LogP contribution in [0.15, 0.2) is 0 Å².